The van der Waals surface area contributed by atoms with E-state index in [1.807, 2.05) is 0 Å². The second-order valence-electron chi connectivity index (χ2n) is 10.4. The molecule has 2 aromatic carbocycles. The summed E-state index contributed by atoms with van der Waals surface area (Å²) in [6.45, 7) is 11.2. The lowest BCUT2D eigenvalue weighted by molar-refractivity contribution is -0.0343. The molecule has 4 rings (SSSR count). The third-order valence-corrected chi connectivity index (χ3v) is 7.97. The van der Waals surface area contributed by atoms with Gasteiger partial charge in [0.15, 0.2) is 0 Å². The Hall–Kier alpha value is -1.68. The standard InChI is InChI=1S/C29H42N2O/c1-24-10-9-13-27(22-24)28(29(32)15-7-4-8-16-29)23-31-20-18-30(19-21-31)17-14-25(2)26-11-5-3-6-12-26/h3,5-6,9-13,22,25,28,32H,4,7-8,14-21,23H2,1-2H3. The lowest BCUT2D eigenvalue weighted by Gasteiger charge is -2.44. The summed E-state index contributed by atoms with van der Waals surface area (Å²) >= 11 is 0. The molecular weight excluding hydrogens is 392 g/mol. The summed E-state index contributed by atoms with van der Waals surface area (Å²) in [5, 5.41) is 11.7. The first kappa shape index (κ1) is 23.5. The molecule has 1 N–H and O–H groups in total. The predicted molar refractivity (Wildman–Crippen MR) is 134 cm³/mol. The van der Waals surface area contributed by atoms with Crippen LogP contribution in [0, 0.1) is 6.92 Å². The third kappa shape index (κ3) is 6.01. The molecule has 1 aliphatic carbocycles. The fourth-order valence-corrected chi connectivity index (χ4v) is 5.76. The van der Waals surface area contributed by atoms with Crippen LogP contribution in [0.4, 0.5) is 0 Å². The monoisotopic (exact) mass is 434 g/mol. The van der Waals surface area contributed by atoms with E-state index in [0.717, 1.165) is 58.4 Å². The first-order valence-corrected chi connectivity index (χ1v) is 12.8. The van der Waals surface area contributed by atoms with Gasteiger partial charge in [-0.15, -0.1) is 0 Å². The van der Waals surface area contributed by atoms with Gasteiger partial charge in [0.2, 0.25) is 0 Å². The van der Waals surface area contributed by atoms with Gasteiger partial charge in [0, 0.05) is 38.6 Å². The van der Waals surface area contributed by atoms with Crippen molar-refractivity contribution >= 4 is 0 Å². The average Bonchev–Trinajstić information content (AvgIpc) is 2.82. The maximum atomic E-state index is 11.7. The van der Waals surface area contributed by atoms with Crippen LogP contribution in [0.5, 0.6) is 0 Å². The van der Waals surface area contributed by atoms with Crippen molar-refractivity contribution in [2.75, 3.05) is 39.3 Å². The van der Waals surface area contributed by atoms with Crippen molar-refractivity contribution in [3.63, 3.8) is 0 Å². The zero-order valence-corrected chi connectivity index (χ0v) is 20.2. The van der Waals surface area contributed by atoms with Gasteiger partial charge in [0.25, 0.3) is 0 Å². The molecule has 0 amide bonds. The fraction of sp³-hybridized carbons (Fsp3) is 0.586. The number of benzene rings is 2. The molecule has 174 valence electrons. The van der Waals surface area contributed by atoms with Gasteiger partial charge in [-0.25, -0.2) is 0 Å². The molecule has 2 aromatic rings. The molecule has 3 heteroatoms. The lowest BCUT2D eigenvalue weighted by Crippen LogP contribution is -2.51. The number of aliphatic hydroxyl groups is 1. The Morgan fingerprint density at radius 1 is 0.844 bits per heavy atom. The molecule has 2 unspecified atom stereocenters. The maximum absolute atomic E-state index is 11.7. The van der Waals surface area contributed by atoms with Crippen LogP contribution in [0.15, 0.2) is 54.6 Å². The van der Waals surface area contributed by atoms with Crippen LogP contribution in [0.25, 0.3) is 0 Å². The Balaban J connectivity index is 1.33. The minimum Gasteiger partial charge on any atom is -0.389 e. The molecule has 2 fully saturated rings. The van der Waals surface area contributed by atoms with Gasteiger partial charge < -0.3 is 14.9 Å². The van der Waals surface area contributed by atoms with E-state index in [-0.39, 0.29) is 5.92 Å². The smallest absolute Gasteiger partial charge is 0.0728 e. The lowest BCUT2D eigenvalue weighted by atomic mass is 9.72. The van der Waals surface area contributed by atoms with Crippen LogP contribution in [-0.2, 0) is 0 Å². The highest BCUT2D eigenvalue weighted by Gasteiger charge is 2.39. The van der Waals surface area contributed by atoms with Crippen molar-refractivity contribution in [2.24, 2.45) is 0 Å². The van der Waals surface area contributed by atoms with Crippen LogP contribution in [0.2, 0.25) is 0 Å². The highest BCUT2D eigenvalue weighted by atomic mass is 16.3. The third-order valence-electron chi connectivity index (χ3n) is 7.97. The summed E-state index contributed by atoms with van der Waals surface area (Å²) in [5.74, 6) is 0.827. The number of rotatable bonds is 8. The Morgan fingerprint density at radius 3 is 2.19 bits per heavy atom. The molecule has 2 aliphatic rings. The topological polar surface area (TPSA) is 26.7 Å². The molecule has 2 atom stereocenters. The van der Waals surface area contributed by atoms with E-state index in [1.54, 1.807) is 0 Å². The number of nitrogens with zero attached hydrogens (tertiary/aromatic N) is 2. The van der Waals surface area contributed by atoms with Crippen molar-refractivity contribution in [3.8, 4) is 0 Å². The largest absolute Gasteiger partial charge is 0.389 e. The molecule has 0 spiro atoms. The average molecular weight is 435 g/mol. The molecule has 0 bridgehead atoms. The number of piperazine rings is 1. The number of hydrogen-bond acceptors (Lipinski definition) is 3. The minimum absolute atomic E-state index is 0.215. The Bertz CT molecular complexity index is 822. The van der Waals surface area contributed by atoms with Gasteiger partial charge >= 0.3 is 0 Å². The van der Waals surface area contributed by atoms with Gasteiger partial charge in [0.05, 0.1) is 5.60 Å². The molecule has 1 heterocycles. The Labute approximate surface area is 195 Å². The highest BCUT2D eigenvalue weighted by molar-refractivity contribution is 5.28. The first-order valence-electron chi connectivity index (χ1n) is 12.8. The van der Waals surface area contributed by atoms with E-state index in [1.165, 1.54) is 36.1 Å². The van der Waals surface area contributed by atoms with E-state index in [4.69, 9.17) is 0 Å². The van der Waals surface area contributed by atoms with Crippen molar-refractivity contribution in [1.29, 1.82) is 0 Å². The highest BCUT2D eigenvalue weighted by Crippen LogP contribution is 2.40. The second-order valence-corrected chi connectivity index (χ2v) is 10.4. The second kappa shape index (κ2) is 11.0. The molecule has 3 nitrogen and oxygen atoms in total. The summed E-state index contributed by atoms with van der Waals surface area (Å²) in [6.07, 6.45) is 6.70. The fourth-order valence-electron chi connectivity index (χ4n) is 5.76. The molecule has 1 aliphatic heterocycles. The van der Waals surface area contributed by atoms with Crippen molar-refractivity contribution in [1.82, 2.24) is 9.80 Å². The van der Waals surface area contributed by atoms with Gasteiger partial charge in [-0.2, -0.15) is 0 Å². The van der Waals surface area contributed by atoms with E-state index < -0.39 is 5.60 Å². The van der Waals surface area contributed by atoms with Gasteiger partial charge in [0.1, 0.15) is 0 Å². The molecule has 0 radical (unpaired) electrons. The van der Waals surface area contributed by atoms with Crippen LogP contribution >= 0.6 is 0 Å². The quantitative estimate of drug-likeness (QED) is 0.587. The summed E-state index contributed by atoms with van der Waals surface area (Å²) in [5.41, 5.74) is 3.53. The zero-order chi connectivity index (χ0) is 22.4. The summed E-state index contributed by atoms with van der Waals surface area (Å²) in [7, 11) is 0. The predicted octanol–water partition coefficient (Wildman–Crippen LogP) is 5.59. The molecular formula is C29H42N2O. The molecule has 1 saturated heterocycles. The molecule has 32 heavy (non-hydrogen) atoms. The SMILES string of the molecule is Cc1cccc(C(CN2CCN(CCC(C)c3ccccc3)CC2)C2(O)CCCCC2)c1. The van der Waals surface area contributed by atoms with Crippen molar-refractivity contribution < 1.29 is 5.11 Å². The summed E-state index contributed by atoms with van der Waals surface area (Å²) < 4.78 is 0. The van der Waals surface area contributed by atoms with E-state index in [0.29, 0.717) is 5.92 Å². The van der Waals surface area contributed by atoms with Crippen LogP contribution in [0.3, 0.4) is 0 Å². The van der Waals surface area contributed by atoms with E-state index >= 15 is 0 Å². The normalized spacial score (nSPS) is 21.8. The minimum atomic E-state index is -0.547. The molecule has 1 saturated carbocycles. The zero-order valence-electron chi connectivity index (χ0n) is 20.2. The summed E-state index contributed by atoms with van der Waals surface area (Å²) in [6, 6.07) is 19.8. The Morgan fingerprint density at radius 2 is 1.50 bits per heavy atom. The summed E-state index contributed by atoms with van der Waals surface area (Å²) in [4.78, 5) is 5.24. The van der Waals surface area contributed by atoms with Crippen molar-refractivity contribution in [3.05, 3.63) is 71.3 Å². The van der Waals surface area contributed by atoms with Gasteiger partial charge in [-0.05, 0) is 49.8 Å². The van der Waals surface area contributed by atoms with Crippen molar-refractivity contribution in [2.45, 2.75) is 69.8 Å². The maximum Gasteiger partial charge on any atom is 0.0728 e. The number of aryl methyl sites for hydroxylation is 1. The number of hydrogen-bond donors (Lipinski definition) is 1. The molecule has 0 aromatic heterocycles. The Kier molecular flexibility index (Phi) is 8.04. The van der Waals surface area contributed by atoms with Crippen LogP contribution in [0.1, 0.15) is 74.0 Å². The van der Waals surface area contributed by atoms with E-state index in [2.05, 4.69) is 78.2 Å². The van der Waals surface area contributed by atoms with Gasteiger partial charge in [-0.3, -0.25) is 0 Å². The first-order chi connectivity index (χ1) is 15.5. The van der Waals surface area contributed by atoms with Crippen LogP contribution < -0.4 is 0 Å². The van der Waals surface area contributed by atoms with Gasteiger partial charge in [-0.1, -0.05) is 86.3 Å². The van der Waals surface area contributed by atoms with Crippen LogP contribution in [-0.4, -0.2) is 59.8 Å². The van der Waals surface area contributed by atoms with E-state index in [9.17, 15) is 5.11 Å².